The molecule has 2 atom stereocenters. The second-order valence-corrected chi connectivity index (χ2v) is 5.58. The van der Waals surface area contributed by atoms with Gasteiger partial charge in [0.15, 0.2) is 0 Å². The van der Waals surface area contributed by atoms with Crippen LogP contribution in [0.15, 0.2) is 30.3 Å². The lowest BCUT2D eigenvalue weighted by Crippen LogP contribution is -2.51. The summed E-state index contributed by atoms with van der Waals surface area (Å²) in [6.45, 7) is 0. The van der Waals surface area contributed by atoms with Gasteiger partial charge >= 0.3 is 5.97 Å². The Hall–Kier alpha value is -1.84. The molecule has 0 unspecified atom stereocenters. The fourth-order valence-corrected chi connectivity index (χ4v) is 2.86. The Morgan fingerprint density at radius 3 is 2.32 bits per heavy atom. The zero-order valence-corrected chi connectivity index (χ0v) is 10.6. The smallest absolute Gasteiger partial charge is 0.307 e. The second-order valence-electron chi connectivity index (χ2n) is 5.58. The van der Waals surface area contributed by atoms with Crippen molar-refractivity contribution in [3.63, 3.8) is 0 Å². The highest BCUT2D eigenvalue weighted by Crippen LogP contribution is 2.44. The molecule has 0 aromatic heterocycles. The molecule has 2 N–H and O–H groups in total. The van der Waals surface area contributed by atoms with Gasteiger partial charge in [-0.15, -0.1) is 0 Å². The summed E-state index contributed by atoms with van der Waals surface area (Å²) in [5.74, 6) is -1.77. The first-order valence-electron chi connectivity index (χ1n) is 6.73. The van der Waals surface area contributed by atoms with Crippen LogP contribution >= 0.6 is 0 Å². The van der Waals surface area contributed by atoms with Crippen LogP contribution in [0.25, 0.3) is 0 Å². The molecule has 0 spiro atoms. The number of carbonyl (C=O) groups excluding carboxylic acids is 1. The minimum Gasteiger partial charge on any atom is -0.481 e. The van der Waals surface area contributed by atoms with Crippen LogP contribution in [0.4, 0.5) is 0 Å². The van der Waals surface area contributed by atoms with E-state index in [-0.39, 0.29) is 17.4 Å². The first-order valence-corrected chi connectivity index (χ1v) is 6.73. The summed E-state index contributed by atoms with van der Waals surface area (Å²) in [6.07, 6.45) is 3.45. The molecular formula is C15H17NO3. The molecule has 0 bridgehead atoms. The molecule has 0 saturated heterocycles. The lowest BCUT2D eigenvalue weighted by Gasteiger charge is -2.43. The van der Waals surface area contributed by atoms with Crippen LogP contribution in [0.2, 0.25) is 0 Å². The predicted octanol–water partition coefficient (Wildman–Crippen LogP) is 1.90. The van der Waals surface area contributed by atoms with Crippen molar-refractivity contribution < 1.29 is 14.7 Å². The molecule has 2 saturated carbocycles. The van der Waals surface area contributed by atoms with Crippen molar-refractivity contribution in [2.75, 3.05) is 0 Å². The van der Waals surface area contributed by atoms with Gasteiger partial charge in [-0.1, -0.05) is 30.3 Å². The summed E-state index contributed by atoms with van der Waals surface area (Å²) < 4.78 is 0. The summed E-state index contributed by atoms with van der Waals surface area (Å²) in [7, 11) is 0. The maximum absolute atomic E-state index is 12.1. The molecule has 1 aromatic rings. The first-order chi connectivity index (χ1) is 9.12. The van der Waals surface area contributed by atoms with Crippen LogP contribution in [-0.2, 0) is 15.1 Å². The average molecular weight is 259 g/mol. The van der Waals surface area contributed by atoms with Crippen molar-refractivity contribution in [2.24, 2.45) is 11.8 Å². The molecule has 1 amide bonds. The van der Waals surface area contributed by atoms with E-state index in [1.54, 1.807) is 0 Å². The van der Waals surface area contributed by atoms with Crippen molar-refractivity contribution in [3.8, 4) is 0 Å². The molecular weight excluding hydrogens is 242 g/mol. The molecule has 19 heavy (non-hydrogen) atoms. The lowest BCUT2D eigenvalue weighted by molar-refractivity contribution is -0.140. The van der Waals surface area contributed by atoms with E-state index >= 15 is 0 Å². The Balaban J connectivity index is 1.71. The van der Waals surface area contributed by atoms with Crippen molar-refractivity contribution in [2.45, 2.75) is 31.2 Å². The van der Waals surface area contributed by atoms with Gasteiger partial charge in [-0.2, -0.15) is 0 Å². The van der Waals surface area contributed by atoms with E-state index < -0.39 is 11.9 Å². The van der Waals surface area contributed by atoms with Crippen LogP contribution in [0, 0.1) is 11.8 Å². The van der Waals surface area contributed by atoms with Gasteiger partial charge in [0.25, 0.3) is 0 Å². The van der Waals surface area contributed by atoms with E-state index in [0.717, 1.165) is 24.8 Å². The molecule has 0 heterocycles. The van der Waals surface area contributed by atoms with Gasteiger partial charge in [-0.05, 0) is 31.2 Å². The molecule has 2 fully saturated rings. The van der Waals surface area contributed by atoms with E-state index in [9.17, 15) is 9.59 Å². The third-order valence-electron chi connectivity index (χ3n) is 4.34. The van der Waals surface area contributed by atoms with Gasteiger partial charge in [0.2, 0.25) is 5.91 Å². The quantitative estimate of drug-likeness (QED) is 0.868. The molecule has 2 aliphatic carbocycles. The van der Waals surface area contributed by atoms with Crippen molar-refractivity contribution in [3.05, 3.63) is 35.9 Å². The van der Waals surface area contributed by atoms with Gasteiger partial charge in [0, 0.05) is 0 Å². The number of benzene rings is 1. The van der Waals surface area contributed by atoms with Crippen LogP contribution in [0.1, 0.15) is 31.2 Å². The largest absolute Gasteiger partial charge is 0.481 e. The molecule has 0 aliphatic heterocycles. The number of carboxylic acids is 1. The van der Waals surface area contributed by atoms with Gasteiger partial charge in [-0.3, -0.25) is 9.59 Å². The van der Waals surface area contributed by atoms with Crippen LogP contribution in [-0.4, -0.2) is 17.0 Å². The third kappa shape index (κ3) is 2.11. The summed E-state index contributed by atoms with van der Waals surface area (Å²) in [5, 5.41) is 12.0. The molecule has 3 rings (SSSR count). The minimum atomic E-state index is -0.859. The maximum atomic E-state index is 12.1. The van der Waals surface area contributed by atoms with E-state index in [0.29, 0.717) is 6.42 Å². The third-order valence-corrected chi connectivity index (χ3v) is 4.34. The Labute approximate surface area is 111 Å². The molecule has 4 heteroatoms. The summed E-state index contributed by atoms with van der Waals surface area (Å²) in [4.78, 5) is 22.9. The van der Waals surface area contributed by atoms with E-state index in [1.165, 1.54) is 0 Å². The predicted molar refractivity (Wildman–Crippen MR) is 69.3 cm³/mol. The van der Waals surface area contributed by atoms with Crippen LogP contribution in [0.3, 0.4) is 0 Å². The Bertz CT molecular complexity index is 507. The Morgan fingerprint density at radius 2 is 1.84 bits per heavy atom. The monoisotopic (exact) mass is 259 g/mol. The number of amides is 1. The van der Waals surface area contributed by atoms with Gasteiger partial charge in [0.1, 0.15) is 0 Å². The Kier molecular flexibility index (Phi) is 2.81. The van der Waals surface area contributed by atoms with Gasteiger partial charge in [0.05, 0.1) is 17.4 Å². The minimum absolute atomic E-state index is 0.101. The molecule has 2 aliphatic rings. The summed E-state index contributed by atoms with van der Waals surface area (Å²) in [5.41, 5.74) is 0.867. The molecule has 100 valence electrons. The SMILES string of the molecule is O=C(O)[C@H]1C[C@H]1C(=O)NC1(c2ccccc2)CCC1. The highest BCUT2D eigenvalue weighted by Gasteiger charge is 2.51. The topological polar surface area (TPSA) is 66.4 Å². The number of nitrogens with one attached hydrogen (secondary N) is 1. The maximum Gasteiger partial charge on any atom is 0.307 e. The molecule has 0 radical (unpaired) electrons. The van der Waals surface area contributed by atoms with E-state index in [4.69, 9.17) is 5.11 Å². The van der Waals surface area contributed by atoms with Crippen molar-refractivity contribution in [1.29, 1.82) is 0 Å². The standard InChI is InChI=1S/C15H17NO3/c17-13(11-9-12(11)14(18)19)16-15(7-4-8-15)10-5-2-1-3-6-10/h1-3,5-6,11-12H,4,7-9H2,(H,16,17)(H,18,19)/t11-,12+/m1/s1. The summed E-state index contributed by atoms with van der Waals surface area (Å²) in [6, 6.07) is 9.96. The highest BCUT2D eigenvalue weighted by molar-refractivity contribution is 5.90. The number of hydrogen-bond donors (Lipinski definition) is 2. The fraction of sp³-hybridized carbons (Fsp3) is 0.467. The van der Waals surface area contributed by atoms with Crippen LogP contribution in [0.5, 0.6) is 0 Å². The number of carbonyl (C=O) groups is 2. The zero-order valence-electron chi connectivity index (χ0n) is 10.6. The zero-order chi connectivity index (χ0) is 13.5. The number of aliphatic carboxylic acids is 1. The normalized spacial score (nSPS) is 27.2. The molecule has 4 nitrogen and oxygen atoms in total. The number of rotatable bonds is 4. The van der Waals surface area contributed by atoms with Gasteiger partial charge in [-0.25, -0.2) is 0 Å². The lowest BCUT2D eigenvalue weighted by atomic mass is 9.71. The van der Waals surface area contributed by atoms with E-state index in [1.807, 2.05) is 30.3 Å². The average Bonchev–Trinajstić information content (AvgIpc) is 3.15. The van der Waals surface area contributed by atoms with Crippen molar-refractivity contribution in [1.82, 2.24) is 5.32 Å². The fourth-order valence-electron chi connectivity index (χ4n) is 2.86. The first kappa shape index (κ1) is 12.2. The van der Waals surface area contributed by atoms with Crippen molar-refractivity contribution >= 4 is 11.9 Å². The molecule has 1 aromatic carbocycles. The Morgan fingerprint density at radius 1 is 1.16 bits per heavy atom. The van der Waals surface area contributed by atoms with Crippen LogP contribution < -0.4 is 5.32 Å². The summed E-state index contributed by atoms with van der Waals surface area (Å²) >= 11 is 0. The second kappa shape index (κ2) is 4.37. The highest BCUT2D eigenvalue weighted by atomic mass is 16.4. The van der Waals surface area contributed by atoms with Gasteiger partial charge < -0.3 is 10.4 Å². The number of hydrogen-bond acceptors (Lipinski definition) is 2. The number of carboxylic acid groups (broad SMARTS) is 1. The van der Waals surface area contributed by atoms with E-state index in [2.05, 4.69) is 5.32 Å².